The maximum Gasteiger partial charge on any atom is 0.311 e. The number of carboxylic acids is 1. The molecule has 0 bridgehead atoms. The summed E-state index contributed by atoms with van der Waals surface area (Å²) in [5, 5.41) is 9.55. The molecule has 2 heterocycles. The third-order valence-electron chi connectivity index (χ3n) is 3.16. The summed E-state index contributed by atoms with van der Waals surface area (Å²) in [6, 6.07) is 1.54. The molecular formula is C11H13ClN2O3. The molecule has 0 aliphatic carbocycles. The highest BCUT2D eigenvalue weighted by Gasteiger charge is 2.42. The lowest BCUT2D eigenvalue weighted by Crippen LogP contribution is -2.35. The van der Waals surface area contributed by atoms with E-state index in [4.69, 9.17) is 16.7 Å². The fraction of sp³-hybridized carbons (Fsp3) is 0.455. The maximum atomic E-state index is 12.0. The number of amides is 1. The number of aromatic nitrogens is 1. The van der Waals surface area contributed by atoms with E-state index in [0.717, 1.165) is 0 Å². The van der Waals surface area contributed by atoms with E-state index in [2.05, 4.69) is 4.98 Å². The molecule has 1 atom stereocenters. The summed E-state index contributed by atoms with van der Waals surface area (Å²) in [7, 11) is 0. The van der Waals surface area contributed by atoms with Gasteiger partial charge in [0.15, 0.2) is 0 Å². The molecule has 0 spiro atoms. The summed E-state index contributed by atoms with van der Waals surface area (Å²) in [5.74, 6) is -1.07. The first-order chi connectivity index (χ1) is 7.92. The quantitative estimate of drug-likeness (QED) is 0.844. The van der Waals surface area contributed by atoms with Crippen molar-refractivity contribution in [2.45, 2.75) is 13.3 Å². The molecule has 92 valence electrons. The molecule has 0 unspecified atom stereocenters. The first kappa shape index (κ1) is 12.0. The third kappa shape index (κ3) is 2.15. The van der Waals surface area contributed by atoms with Crippen LogP contribution in [0.4, 0.5) is 0 Å². The number of hydrogen-bond donors (Lipinski definition) is 2. The van der Waals surface area contributed by atoms with Gasteiger partial charge in [-0.25, -0.2) is 0 Å². The predicted molar refractivity (Wildman–Crippen MR) is 62.1 cm³/mol. The van der Waals surface area contributed by atoms with Gasteiger partial charge < -0.3 is 15.0 Å². The first-order valence-corrected chi connectivity index (χ1v) is 5.67. The zero-order valence-corrected chi connectivity index (χ0v) is 10.1. The van der Waals surface area contributed by atoms with Crippen LogP contribution in [0, 0.1) is 5.41 Å². The number of carbonyl (C=O) groups is 2. The van der Waals surface area contributed by atoms with Gasteiger partial charge in [-0.3, -0.25) is 9.59 Å². The summed E-state index contributed by atoms with van der Waals surface area (Å²) >= 11 is 5.72. The minimum absolute atomic E-state index is 0.207. The first-order valence-electron chi connectivity index (χ1n) is 5.29. The Labute approximate surface area is 103 Å². The van der Waals surface area contributed by atoms with Gasteiger partial charge in [0.05, 0.1) is 10.4 Å². The number of carboxylic acid groups (broad SMARTS) is 1. The predicted octanol–water partition coefficient (Wildman–Crippen LogP) is 1.60. The van der Waals surface area contributed by atoms with Crippen LogP contribution >= 0.6 is 11.6 Å². The van der Waals surface area contributed by atoms with Gasteiger partial charge in [0.2, 0.25) is 0 Å². The average molecular weight is 257 g/mol. The molecule has 1 aromatic heterocycles. The molecule has 2 rings (SSSR count). The third-order valence-corrected chi connectivity index (χ3v) is 3.37. The van der Waals surface area contributed by atoms with E-state index >= 15 is 0 Å². The monoisotopic (exact) mass is 256 g/mol. The van der Waals surface area contributed by atoms with Crippen LogP contribution in [0.1, 0.15) is 23.8 Å². The summed E-state index contributed by atoms with van der Waals surface area (Å²) in [4.78, 5) is 27.4. The van der Waals surface area contributed by atoms with Gasteiger partial charge in [0.1, 0.15) is 5.69 Å². The van der Waals surface area contributed by atoms with E-state index in [1.54, 1.807) is 13.0 Å². The van der Waals surface area contributed by atoms with Gasteiger partial charge in [-0.2, -0.15) is 0 Å². The molecule has 1 aliphatic heterocycles. The summed E-state index contributed by atoms with van der Waals surface area (Å²) < 4.78 is 0. The van der Waals surface area contributed by atoms with Gasteiger partial charge in [0.25, 0.3) is 5.91 Å². The molecule has 6 heteroatoms. The van der Waals surface area contributed by atoms with Crippen LogP contribution in [-0.2, 0) is 4.79 Å². The van der Waals surface area contributed by atoms with Gasteiger partial charge in [0, 0.05) is 19.3 Å². The van der Waals surface area contributed by atoms with Crippen LogP contribution in [0.2, 0.25) is 5.02 Å². The molecule has 1 amide bonds. The van der Waals surface area contributed by atoms with Gasteiger partial charge in [-0.05, 0) is 19.4 Å². The van der Waals surface area contributed by atoms with E-state index in [-0.39, 0.29) is 12.5 Å². The molecule has 17 heavy (non-hydrogen) atoms. The summed E-state index contributed by atoms with van der Waals surface area (Å²) in [6.07, 6.45) is 2.00. The van der Waals surface area contributed by atoms with E-state index in [1.165, 1.54) is 11.1 Å². The number of hydrogen-bond acceptors (Lipinski definition) is 2. The van der Waals surface area contributed by atoms with Crippen molar-refractivity contribution in [3.63, 3.8) is 0 Å². The Balaban J connectivity index is 2.11. The molecule has 0 aromatic carbocycles. The van der Waals surface area contributed by atoms with Crippen LogP contribution < -0.4 is 0 Å². The lowest BCUT2D eigenvalue weighted by atomic mass is 9.90. The number of aromatic amines is 1. The lowest BCUT2D eigenvalue weighted by molar-refractivity contribution is -0.147. The number of likely N-dealkylation sites (tertiary alicyclic amines) is 1. The van der Waals surface area contributed by atoms with E-state index in [0.29, 0.717) is 23.7 Å². The number of rotatable bonds is 2. The van der Waals surface area contributed by atoms with E-state index in [1.807, 2.05) is 0 Å². The lowest BCUT2D eigenvalue weighted by Gasteiger charge is -2.19. The molecule has 1 fully saturated rings. The molecule has 0 radical (unpaired) electrons. The van der Waals surface area contributed by atoms with Crippen molar-refractivity contribution in [3.05, 3.63) is 23.0 Å². The van der Waals surface area contributed by atoms with Crippen LogP contribution in [0.3, 0.4) is 0 Å². The van der Waals surface area contributed by atoms with Crippen LogP contribution in [-0.4, -0.2) is 40.0 Å². The Bertz CT molecular complexity index is 471. The van der Waals surface area contributed by atoms with Gasteiger partial charge >= 0.3 is 5.97 Å². The Hall–Kier alpha value is -1.49. The second-order valence-corrected chi connectivity index (χ2v) is 5.01. The second kappa shape index (κ2) is 4.07. The fourth-order valence-corrected chi connectivity index (χ4v) is 2.13. The van der Waals surface area contributed by atoms with Gasteiger partial charge in [-0.1, -0.05) is 11.6 Å². The maximum absolute atomic E-state index is 12.0. The van der Waals surface area contributed by atoms with Crippen molar-refractivity contribution in [1.29, 1.82) is 0 Å². The Morgan fingerprint density at radius 2 is 2.29 bits per heavy atom. The molecule has 0 saturated carbocycles. The highest BCUT2D eigenvalue weighted by molar-refractivity contribution is 6.30. The topological polar surface area (TPSA) is 73.4 Å². The van der Waals surface area contributed by atoms with Gasteiger partial charge in [-0.15, -0.1) is 0 Å². The molecule has 1 aliphatic rings. The van der Waals surface area contributed by atoms with Crippen molar-refractivity contribution < 1.29 is 14.7 Å². The summed E-state index contributed by atoms with van der Waals surface area (Å²) in [6.45, 7) is 2.35. The Morgan fingerprint density at radius 3 is 2.76 bits per heavy atom. The standard InChI is InChI=1S/C11H13ClN2O3/c1-11(10(16)17)2-3-14(6-11)9(15)8-4-7(12)5-13-8/h4-5,13H,2-3,6H2,1H3,(H,16,17)/t11-/m0/s1. The molecular weight excluding hydrogens is 244 g/mol. The Morgan fingerprint density at radius 1 is 1.59 bits per heavy atom. The van der Waals surface area contributed by atoms with Crippen molar-refractivity contribution in [2.75, 3.05) is 13.1 Å². The zero-order valence-electron chi connectivity index (χ0n) is 9.36. The molecule has 1 saturated heterocycles. The molecule has 5 nitrogen and oxygen atoms in total. The van der Waals surface area contributed by atoms with E-state index in [9.17, 15) is 9.59 Å². The van der Waals surface area contributed by atoms with Crippen LogP contribution in [0.5, 0.6) is 0 Å². The Kier molecular flexibility index (Phi) is 2.87. The second-order valence-electron chi connectivity index (χ2n) is 4.57. The SMILES string of the molecule is C[C@]1(C(=O)O)CCN(C(=O)c2cc(Cl)c[nH]2)C1. The van der Waals surface area contributed by atoms with Crippen LogP contribution in [0.15, 0.2) is 12.3 Å². The van der Waals surface area contributed by atoms with Crippen molar-refractivity contribution >= 4 is 23.5 Å². The van der Waals surface area contributed by atoms with Crippen molar-refractivity contribution in [3.8, 4) is 0 Å². The summed E-state index contributed by atoms with van der Waals surface area (Å²) in [5.41, 5.74) is -0.448. The minimum Gasteiger partial charge on any atom is -0.481 e. The van der Waals surface area contributed by atoms with Crippen molar-refractivity contribution in [1.82, 2.24) is 9.88 Å². The molecule has 2 N–H and O–H groups in total. The number of carbonyl (C=O) groups excluding carboxylic acids is 1. The van der Waals surface area contributed by atoms with E-state index < -0.39 is 11.4 Å². The fourth-order valence-electron chi connectivity index (χ4n) is 1.97. The number of nitrogens with one attached hydrogen (secondary N) is 1. The number of aliphatic carboxylic acids is 1. The molecule has 1 aromatic rings. The normalized spacial score (nSPS) is 24.0. The van der Waals surface area contributed by atoms with Crippen LogP contribution in [0.25, 0.3) is 0 Å². The number of halogens is 1. The number of H-pyrrole nitrogens is 1. The zero-order chi connectivity index (χ0) is 12.6. The largest absolute Gasteiger partial charge is 0.481 e. The smallest absolute Gasteiger partial charge is 0.311 e. The average Bonchev–Trinajstić information content (AvgIpc) is 2.85. The highest BCUT2D eigenvalue weighted by atomic mass is 35.5. The number of nitrogens with zero attached hydrogens (tertiary/aromatic N) is 1. The highest BCUT2D eigenvalue weighted by Crippen LogP contribution is 2.31. The van der Waals surface area contributed by atoms with Crippen molar-refractivity contribution in [2.24, 2.45) is 5.41 Å². The minimum atomic E-state index is -0.864.